The van der Waals surface area contributed by atoms with E-state index in [4.69, 9.17) is 0 Å². The van der Waals surface area contributed by atoms with Gasteiger partial charge in [0, 0.05) is 33.3 Å². The number of anilines is 1. The first-order valence-electron chi connectivity index (χ1n) is 8.16. The molecule has 9 nitrogen and oxygen atoms in total. The molecule has 0 aliphatic carbocycles. The van der Waals surface area contributed by atoms with Crippen molar-refractivity contribution in [3.63, 3.8) is 0 Å². The number of rotatable bonds is 9. The van der Waals surface area contributed by atoms with Gasteiger partial charge in [-0.15, -0.1) is 0 Å². The molecule has 0 unspecified atom stereocenters. The van der Waals surface area contributed by atoms with E-state index in [0.29, 0.717) is 6.07 Å². The summed E-state index contributed by atoms with van der Waals surface area (Å²) in [6, 6.07) is 2.17. The van der Waals surface area contributed by atoms with E-state index in [-0.39, 0.29) is 43.7 Å². The van der Waals surface area contributed by atoms with Crippen LogP contribution < -0.4 is 10.6 Å². The molecule has 0 spiro atoms. The summed E-state index contributed by atoms with van der Waals surface area (Å²) in [5.74, 6) is -0.524. The normalized spacial score (nSPS) is 11.2. The minimum atomic E-state index is -4.68. The second-order valence-corrected chi connectivity index (χ2v) is 6.22. The zero-order valence-electron chi connectivity index (χ0n) is 15.7. The van der Waals surface area contributed by atoms with Crippen LogP contribution in [-0.2, 0) is 15.8 Å². The van der Waals surface area contributed by atoms with Gasteiger partial charge in [-0.05, 0) is 19.2 Å². The fourth-order valence-corrected chi connectivity index (χ4v) is 2.14. The van der Waals surface area contributed by atoms with E-state index in [9.17, 15) is 32.9 Å². The molecule has 0 aromatic heterocycles. The Balaban J connectivity index is 2.52. The minimum absolute atomic E-state index is 0.0278. The molecule has 28 heavy (non-hydrogen) atoms. The Morgan fingerprint density at radius 2 is 1.79 bits per heavy atom. The van der Waals surface area contributed by atoms with Crippen molar-refractivity contribution < 1.29 is 27.7 Å². The van der Waals surface area contributed by atoms with Gasteiger partial charge in [0.2, 0.25) is 11.8 Å². The minimum Gasteiger partial charge on any atom is -0.378 e. The summed E-state index contributed by atoms with van der Waals surface area (Å²) in [4.78, 5) is 36.3. The Morgan fingerprint density at radius 3 is 2.32 bits per heavy atom. The van der Waals surface area contributed by atoms with Crippen LogP contribution in [0.1, 0.15) is 5.56 Å². The molecular weight excluding hydrogens is 383 g/mol. The average molecular weight is 405 g/mol. The Labute approximate surface area is 159 Å². The van der Waals surface area contributed by atoms with Crippen molar-refractivity contribution in [2.75, 3.05) is 52.6 Å². The van der Waals surface area contributed by atoms with Gasteiger partial charge >= 0.3 is 6.18 Å². The Morgan fingerprint density at radius 1 is 1.14 bits per heavy atom. The summed E-state index contributed by atoms with van der Waals surface area (Å²) < 4.78 is 38.0. The number of halogens is 3. The maximum Gasteiger partial charge on any atom is 0.416 e. The maximum atomic E-state index is 12.7. The molecule has 12 heteroatoms. The van der Waals surface area contributed by atoms with Crippen molar-refractivity contribution in [3.05, 3.63) is 33.9 Å². The van der Waals surface area contributed by atoms with E-state index < -0.39 is 22.4 Å². The van der Waals surface area contributed by atoms with E-state index in [1.807, 2.05) is 0 Å². The number of nitro groups is 1. The van der Waals surface area contributed by atoms with E-state index in [0.717, 1.165) is 12.1 Å². The van der Waals surface area contributed by atoms with Crippen LogP contribution in [-0.4, -0.2) is 73.9 Å². The molecule has 2 N–H and O–H groups in total. The van der Waals surface area contributed by atoms with Gasteiger partial charge in [0.25, 0.3) is 5.69 Å². The van der Waals surface area contributed by atoms with Crippen molar-refractivity contribution in [1.82, 2.24) is 15.1 Å². The molecule has 0 aliphatic rings. The first-order chi connectivity index (χ1) is 12.9. The van der Waals surface area contributed by atoms with Crippen molar-refractivity contribution in [3.8, 4) is 0 Å². The van der Waals surface area contributed by atoms with Crippen molar-refractivity contribution in [2.24, 2.45) is 0 Å². The van der Waals surface area contributed by atoms with Crippen LogP contribution in [0.3, 0.4) is 0 Å². The van der Waals surface area contributed by atoms with Crippen LogP contribution in [0.2, 0.25) is 0 Å². The second-order valence-electron chi connectivity index (χ2n) is 6.22. The highest BCUT2D eigenvalue weighted by atomic mass is 19.4. The van der Waals surface area contributed by atoms with Gasteiger partial charge in [-0.25, -0.2) is 0 Å². The smallest absolute Gasteiger partial charge is 0.378 e. The Hall–Kier alpha value is -2.89. The lowest BCUT2D eigenvalue weighted by atomic mass is 10.1. The highest BCUT2D eigenvalue weighted by Gasteiger charge is 2.33. The van der Waals surface area contributed by atoms with E-state index in [1.165, 1.54) is 9.80 Å². The number of carbonyl (C=O) groups excluding carboxylic acids is 2. The van der Waals surface area contributed by atoms with Gasteiger partial charge in [-0.3, -0.25) is 24.6 Å². The molecule has 0 saturated heterocycles. The fraction of sp³-hybridized carbons (Fsp3) is 0.500. The van der Waals surface area contributed by atoms with E-state index >= 15 is 0 Å². The summed E-state index contributed by atoms with van der Waals surface area (Å²) in [5.41, 5.74) is -1.91. The molecule has 0 bridgehead atoms. The third-order valence-electron chi connectivity index (χ3n) is 3.60. The standard InChI is InChI=1S/C16H22F3N5O4/c1-22(2)15(26)10-23(3)9-14(25)21-7-6-20-12-5-4-11(16(17,18)19)8-13(12)24(27)28/h4-5,8,20H,6-7,9-10H2,1-3H3,(H,21,25). The molecule has 1 rings (SSSR count). The van der Waals surface area contributed by atoms with Crippen LogP contribution >= 0.6 is 0 Å². The zero-order chi connectivity index (χ0) is 21.5. The lowest BCUT2D eigenvalue weighted by molar-refractivity contribution is -0.384. The summed E-state index contributed by atoms with van der Waals surface area (Å²) >= 11 is 0. The lowest BCUT2D eigenvalue weighted by Gasteiger charge is -2.18. The third kappa shape index (κ3) is 7.39. The first-order valence-corrected chi connectivity index (χ1v) is 8.16. The molecule has 0 radical (unpaired) electrons. The Kier molecular flexibility index (Phi) is 8.16. The average Bonchev–Trinajstić information content (AvgIpc) is 2.57. The molecule has 2 amide bonds. The molecule has 1 aromatic carbocycles. The maximum absolute atomic E-state index is 12.7. The van der Waals surface area contributed by atoms with Crippen molar-refractivity contribution in [2.45, 2.75) is 6.18 Å². The summed E-state index contributed by atoms with van der Waals surface area (Å²) in [5, 5.41) is 16.2. The monoisotopic (exact) mass is 405 g/mol. The summed E-state index contributed by atoms with van der Waals surface area (Å²) in [6.45, 7) is 0.196. The third-order valence-corrected chi connectivity index (χ3v) is 3.60. The molecule has 0 aliphatic heterocycles. The van der Waals surface area contributed by atoms with Crippen LogP contribution in [0.4, 0.5) is 24.5 Å². The number of alkyl halides is 3. The topological polar surface area (TPSA) is 108 Å². The van der Waals surface area contributed by atoms with Gasteiger partial charge in [-0.1, -0.05) is 0 Å². The zero-order valence-corrected chi connectivity index (χ0v) is 15.7. The predicted molar refractivity (Wildman–Crippen MR) is 95.8 cm³/mol. The number of nitrogens with one attached hydrogen (secondary N) is 2. The number of carbonyl (C=O) groups is 2. The summed E-state index contributed by atoms with van der Waals surface area (Å²) in [6.07, 6.45) is -4.68. The fourth-order valence-electron chi connectivity index (χ4n) is 2.14. The number of amides is 2. The lowest BCUT2D eigenvalue weighted by Crippen LogP contribution is -2.41. The highest BCUT2D eigenvalue weighted by Crippen LogP contribution is 2.34. The van der Waals surface area contributed by atoms with E-state index in [1.54, 1.807) is 21.1 Å². The molecular formula is C16H22F3N5O4. The van der Waals surface area contributed by atoms with Crippen molar-refractivity contribution in [1.29, 1.82) is 0 Å². The van der Waals surface area contributed by atoms with Crippen LogP contribution in [0, 0.1) is 10.1 Å². The van der Waals surface area contributed by atoms with Gasteiger partial charge in [-0.2, -0.15) is 13.2 Å². The second kappa shape index (κ2) is 9.88. The van der Waals surface area contributed by atoms with Crippen molar-refractivity contribution >= 4 is 23.2 Å². The van der Waals surface area contributed by atoms with E-state index in [2.05, 4.69) is 10.6 Å². The number of nitro benzene ring substituents is 1. The molecule has 0 heterocycles. The molecule has 156 valence electrons. The van der Waals surface area contributed by atoms with Gasteiger partial charge < -0.3 is 15.5 Å². The van der Waals surface area contributed by atoms with Gasteiger partial charge in [0.15, 0.2) is 0 Å². The highest BCUT2D eigenvalue weighted by molar-refractivity contribution is 5.80. The molecule has 0 fully saturated rings. The molecule has 0 atom stereocenters. The van der Waals surface area contributed by atoms with Crippen LogP contribution in [0.15, 0.2) is 18.2 Å². The Bertz CT molecular complexity index is 725. The number of hydrogen-bond donors (Lipinski definition) is 2. The summed E-state index contributed by atoms with van der Waals surface area (Å²) in [7, 11) is 4.80. The number of likely N-dealkylation sites (N-methyl/N-ethyl adjacent to an activating group) is 2. The largest absolute Gasteiger partial charge is 0.416 e. The predicted octanol–water partition coefficient (Wildman–Crippen LogP) is 1.16. The molecule has 0 saturated carbocycles. The number of hydrogen-bond acceptors (Lipinski definition) is 6. The first kappa shape index (κ1) is 23.1. The van der Waals surface area contributed by atoms with Gasteiger partial charge in [0.1, 0.15) is 5.69 Å². The molecule has 1 aromatic rings. The number of benzene rings is 1. The number of nitrogens with zero attached hydrogens (tertiary/aromatic N) is 3. The van der Waals surface area contributed by atoms with Crippen LogP contribution in [0.5, 0.6) is 0 Å². The van der Waals surface area contributed by atoms with Gasteiger partial charge in [0.05, 0.1) is 23.6 Å². The quantitative estimate of drug-likeness (QED) is 0.363. The van der Waals surface area contributed by atoms with Crippen LogP contribution in [0.25, 0.3) is 0 Å². The SMILES string of the molecule is CN(CC(=O)NCCNc1ccc(C(F)(F)F)cc1[N+](=O)[O-])CC(=O)N(C)C.